The van der Waals surface area contributed by atoms with Crippen molar-refractivity contribution in [1.29, 1.82) is 0 Å². The van der Waals surface area contributed by atoms with E-state index in [1.54, 1.807) is 0 Å². The fourth-order valence-corrected chi connectivity index (χ4v) is 1.25. The normalized spacial score (nSPS) is 9.76. The van der Waals surface area contributed by atoms with Gasteiger partial charge in [0.15, 0.2) is 6.61 Å². The fraction of sp³-hybridized carbons (Fsp3) is 0.111. The van der Waals surface area contributed by atoms with Crippen LogP contribution in [0.25, 0.3) is 0 Å². The highest BCUT2D eigenvalue weighted by Crippen LogP contribution is 2.22. The van der Waals surface area contributed by atoms with E-state index in [0.717, 1.165) is 6.07 Å². The zero-order chi connectivity index (χ0) is 12.8. The molecular formula is C9H8BrFN2O4. The van der Waals surface area contributed by atoms with E-state index in [1.165, 1.54) is 12.1 Å². The molecule has 0 unspecified atom stereocenters. The minimum absolute atomic E-state index is 0.196. The number of hydrogen-bond donors (Lipinski definition) is 3. The predicted octanol–water partition coefficient (Wildman–Crippen LogP) is 1.73. The van der Waals surface area contributed by atoms with Crippen LogP contribution in [-0.2, 0) is 9.63 Å². The summed E-state index contributed by atoms with van der Waals surface area (Å²) in [5, 5.41) is 10.5. The third kappa shape index (κ3) is 4.79. The van der Waals surface area contributed by atoms with E-state index in [1.807, 2.05) is 5.48 Å². The molecule has 0 aliphatic heterocycles. The summed E-state index contributed by atoms with van der Waals surface area (Å²) in [5.41, 5.74) is 2.03. The third-order valence-electron chi connectivity index (χ3n) is 1.54. The molecule has 6 nitrogen and oxygen atoms in total. The number of rotatable bonds is 4. The Morgan fingerprint density at radius 3 is 2.82 bits per heavy atom. The van der Waals surface area contributed by atoms with Crippen molar-refractivity contribution in [3.8, 4) is 0 Å². The molecule has 1 aromatic rings. The molecule has 0 saturated carbocycles. The highest BCUT2D eigenvalue weighted by molar-refractivity contribution is 9.10. The Kier molecular flexibility index (Phi) is 4.85. The smallest absolute Gasteiger partial charge is 0.343 e. The van der Waals surface area contributed by atoms with E-state index < -0.39 is 24.4 Å². The number of nitrogens with one attached hydrogen (secondary N) is 2. The Balaban J connectivity index is 2.50. The average molecular weight is 307 g/mol. The molecule has 8 heteroatoms. The molecule has 1 rings (SSSR count). The number of benzene rings is 1. The summed E-state index contributed by atoms with van der Waals surface area (Å²) < 4.78 is 13.3. The molecule has 0 aliphatic carbocycles. The number of carboxylic acids is 1. The first-order valence-corrected chi connectivity index (χ1v) is 5.14. The summed E-state index contributed by atoms with van der Waals surface area (Å²) in [6.07, 6.45) is 0. The molecule has 0 heterocycles. The van der Waals surface area contributed by atoms with Crippen molar-refractivity contribution in [2.24, 2.45) is 0 Å². The van der Waals surface area contributed by atoms with Crippen LogP contribution in [0.2, 0.25) is 0 Å². The predicted molar refractivity (Wildman–Crippen MR) is 59.8 cm³/mol. The van der Waals surface area contributed by atoms with Crippen LogP contribution in [0.5, 0.6) is 0 Å². The number of carboxylic acid groups (broad SMARTS) is 1. The second-order valence-corrected chi connectivity index (χ2v) is 3.72. The zero-order valence-electron chi connectivity index (χ0n) is 8.37. The lowest BCUT2D eigenvalue weighted by Gasteiger charge is -2.08. The molecule has 0 aliphatic rings. The van der Waals surface area contributed by atoms with Gasteiger partial charge in [0.25, 0.3) is 0 Å². The lowest BCUT2D eigenvalue weighted by Crippen LogP contribution is -2.30. The van der Waals surface area contributed by atoms with Gasteiger partial charge in [-0.2, -0.15) is 0 Å². The highest BCUT2D eigenvalue weighted by atomic mass is 79.9. The number of amides is 2. The molecule has 0 spiro atoms. The van der Waals surface area contributed by atoms with Crippen LogP contribution < -0.4 is 10.8 Å². The Bertz CT molecular complexity index is 441. The van der Waals surface area contributed by atoms with E-state index in [9.17, 15) is 14.0 Å². The van der Waals surface area contributed by atoms with Crippen LogP contribution >= 0.6 is 15.9 Å². The second kappa shape index (κ2) is 6.16. The van der Waals surface area contributed by atoms with E-state index in [-0.39, 0.29) is 5.69 Å². The van der Waals surface area contributed by atoms with E-state index in [2.05, 4.69) is 26.1 Å². The number of carbonyl (C=O) groups excluding carboxylic acids is 1. The summed E-state index contributed by atoms with van der Waals surface area (Å²) in [4.78, 5) is 25.6. The van der Waals surface area contributed by atoms with E-state index in [4.69, 9.17) is 5.11 Å². The van der Waals surface area contributed by atoms with Gasteiger partial charge in [-0.3, -0.25) is 4.84 Å². The summed E-state index contributed by atoms with van der Waals surface area (Å²) in [7, 11) is 0. The molecule has 0 atom stereocenters. The third-order valence-corrected chi connectivity index (χ3v) is 2.23. The van der Waals surface area contributed by atoms with Crippen molar-refractivity contribution in [3.63, 3.8) is 0 Å². The van der Waals surface area contributed by atoms with Crippen molar-refractivity contribution in [3.05, 3.63) is 28.5 Å². The van der Waals surface area contributed by atoms with Crippen molar-refractivity contribution in [2.45, 2.75) is 0 Å². The molecule has 0 fully saturated rings. The molecule has 0 aromatic heterocycles. The van der Waals surface area contributed by atoms with Crippen molar-refractivity contribution >= 4 is 33.6 Å². The van der Waals surface area contributed by atoms with Gasteiger partial charge in [0, 0.05) is 4.47 Å². The number of urea groups is 1. The van der Waals surface area contributed by atoms with Gasteiger partial charge in [0.05, 0.1) is 5.69 Å². The Morgan fingerprint density at radius 2 is 2.18 bits per heavy atom. The molecule has 2 amide bonds. The van der Waals surface area contributed by atoms with Crippen LogP contribution in [-0.4, -0.2) is 23.7 Å². The highest BCUT2D eigenvalue weighted by Gasteiger charge is 2.07. The van der Waals surface area contributed by atoms with Gasteiger partial charge < -0.3 is 10.4 Å². The number of hydrogen-bond acceptors (Lipinski definition) is 3. The van der Waals surface area contributed by atoms with Gasteiger partial charge in [-0.1, -0.05) is 0 Å². The Labute approximate surface area is 104 Å². The van der Waals surface area contributed by atoms with Gasteiger partial charge in [0.1, 0.15) is 5.82 Å². The van der Waals surface area contributed by atoms with Crippen LogP contribution in [0.1, 0.15) is 0 Å². The van der Waals surface area contributed by atoms with Crippen molar-refractivity contribution < 1.29 is 23.9 Å². The topological polar surface area (TPSA) is 87.7 Å². The molecule has 92 valence electrons. The van der Waals surface area contributed by atoms with Crippen molar-refractivity contribution in [2.75, 3.05) is 11.9 Å². The lowest BCUT2D eigenvalue weighted by molar-refractivity contribution is -0.143. The monoisotopic (exact) mass is 306 g/mol. The van der Waals surface area contributed by atoms with Gasteiger partial charge >= 0.3 is 12.0 Å². The zero-order valence-corrected chi connectivity index (χ0v) is 9.95. The summed E-state index contributed by atoms with van der Waals surface area (Å²) in [5.74, 6) is -1.74. The maximum absolute atomic E-state index is 12.9. The Hall–Kier alpha value is -1.67. The average Bonchev–Trinajstić information content (AvgIpc) is 2.23. The lowest BCUT2D eigenvalue weighted by atomic mass is 10.3. The molecule has 0 saturated heterocycles. The fourth-order valence-electron chi connectivity index (χ4n) is 0.904. The van der Waals surface area contributed by atoms with E-state index >= 15 is 0 Å². The van der Waals surface area contributed by atoms with Crippen LogP contribution in [0.15, 0.2) is 22.7 Å². The SMILES string of the molecule is O=C(O)CONC(=O)Nc1cc(F)ccc1Br. The van der Waals surface area contributed by atoms with Gasteiger partial charge in [-0.05, 0) is 34.1 Å². The van der Waals surface area contributed by atoms with Gasteiger partial charge in [-0.15, -0.1) is 0 Å². The van der Waals surface area contributed by atoms with Gasteiger partial charge in [0.2, 0.25) is 0 Å². The number of anilines is 1. The molecule has 3 N–H and O–H groups in total. The largest absolute Gasteiger partial charge is 0.479 e. The molecule has 0 radical (unpaired) electrons. The molecule has 1 aromatic carbocycles. The summed E-state index contributed by atoms with van der Waals surface area (Å²) >= 11 is 3.11. The quantitative estimate of drug-likeness (QED) is 0.739. The minimum atomic E-state index is -1.22. The second-order valence-electron chi connectivity index (χ2n) is 2.86. The first-order chi connectivity index (χ1) is 7.99. The van der Waals surface area contributed by atoms with Crippen LogP contribution in [0.4, 0.5) is 14.9 Å². The van der Waals surface area contributed by atoms with Crippen LogP contribution in [0, 0.1) is 5.82 Å². The minimum Gasteiger partial charge on any atom is -0.479 e. The molecule has 0 bridgehead atoms. The van der Waals surface area contributed by atoms with E-state index in [0.29, 0.717) is 4.47 Å². The first-order valence-electron chi connectivity index (χ1n) is 4.34. The number of aliphatic carboxylic acids is 1. The number of carbonyl (C=O) groups is 2. The van der Waals surface area contributed by atoms with Crippen LogP contribution in [0.3, 0.4) is 0 Å². The maximum atomic E-state index is 12.9. The summed E-state index contributed by atoms with van der Waals surface area (Å²) in [6.45, 7) is -0.669. The summed E-state index contributed by atoms with van der Waals surface area (Å²) in [6, 6.07) is 2.93. The first kappa shape index (κ1) is 13.4. The molecule has 17 heavy (non-hydrogen) atoms. The Morgan fingerprint density at radius 1 is 1.47 bits per heavy atom. The maximum Gasteiger partial charge on any atom is 0.343 e. The number of hydroxylamine groups is 1. The number of halogens is 2. The standard InChI is InChI=1S/C9H8BrFN2O4/c10-6-2-1-5(11)3-7(6)12-9(16)13-17-4-8(14)15/h1-3H,4H2,(H,14,15)(H2,12,13,16). The van der Waals surface area contributed by atoms with Crippen molar-refractivity contribution in [1.82, 2.24) is 5.48 Å². The molecular weight excluding hydrogens is 299 g/mol. The van der Waals surface area contributed by atoms with Gasteiger partial charge in [-0.25, -0.2) is 19.5 Å².